The van der Waals surface area contributed by atoms with E-state index in [0.29, 0.717) is 55.5 Å². The Balaban J connectivity index is 1.60. The number of pyridine rings is 1. The van der Waals surface area contributed by atoms with Crippen LogP contribution in [-0.2, 0) is 16.2 Å². The molecule has 1 fully saturated rings. The summed E-state index contributed by atoms with van der Waals surface area (Å²) in [6.45, 7) is 10.2. The van der Waals surface area contributed by atoms with Crippen LogP contribution in [0.3, 0.4) is 0 Å². The summed E-state index contributed by atoms with van der Waals surface area (Å²) < 4.78 is 42.6. The van der Waals surface area contributed by atoms with E-state index in [1.54, 1.807) is 10.9 Å². The van der Waals surface area contributed by atoms with Gasteiger partial charge in [-0.3, -0.25) is 0 Å². The van der Waals surface area contributed by atoms with Gasteiger partial charge in [-0.05, 0) is 24.2 Å². The van der Waals surface area contributed by atoms with E-state index < -0.39 is 19.7 Å². The summed E-state index contributed by atoms with van der Waals surface area (Å²) in [5, 5.41) is 7.67. The lowest BCUT2D eigenvalue weighted by atomic mass is 10.1. The zero-order valence-corrected chi connectivity index (χ0v) is 22.8. The Bertz CT molecular complexity index is 1320. The van der Waals surface area contributed by atoms with E-state index in [4.69, 9.17) is 21.1 Å². The summed E-state index contributed by atoms with van der Waals surface area (Å²) in [5.41, 5.74) is 1.84. The first kappa shape index (κ1) is 25.8. The van der Waals surface area contributed by atoms with Gasteiger partial charge in [-0.15, -0.1) is 0 Å². The van der Waals surface area contributed by atoms with Crippen molar-refractivity contribution in [2.45, 2.75) is 32.4 Å². The van der Waals surface area contributed by atoms with Crippen molar-refractivity contribution in [2.75, 3.05) is 43.1 Å². The number of ether oxygens (including phenoxy) is 2. The minimum atomic E-state index is -1.28. The molecule has 5 rings (SSSR count). The Morgan fingerprint density at radius 2 is 1.89 bits per heavy atom. The number of halogens is 3. The van der Waals surface area contributed by atoms with Gasteiger partial charge in [0, 0.05) is 33.3 Å². The zero-order valence-electron chi connectivity index (χ0n) is 21.0. The molecule has 37 heavy (non-hydrogen) atoms. The van der Waals surface area contributed by atoms with Crippen molar-refractivity contribution < 1.29 is 18.3 Å². The van der Waals surface area contributed by atoms with Gasteiger partial charge in [0.25, 0.3) is 0 Å². The predicted octanol–water partition coefficient (Wildman–Crippen LogP) is 5.53. The monoisotopic (exact) mass is 546 g/mol. The molecule has 1 aromatic carbocycles. The van der Waals surface area contributed by atoms with Gasteiger partial charge in [0.05, 0.1) is 30.7 Å². The first-order chi connectivity index (χ1) is 17.7. The number of morpholine rings is 1. The molecule has 2 aromatic heterocycles. The van der Waals surface area contributed by atoms with E-state index >= 15 is 0 Å². The second-order valence-electron chi connectivity index (χ2n) is 10.2. The lowest BCUT2D eigenvalue weighted by molar-refractivity contribution is 0.0798. The molecule has 0 unspecified atom stereocenters. The van der Waals surface area contributed by atoms with Gasteiger partial charge in [0.2, 0.25) is 0 Å². The van der Waals surface area contributed by atoms with Crippen LogP contribution in [0.15, 0.2) is 35.5 Å². The van der Waals surface area contributed by atoms with Crippen LogP contribution in [0.5, 0.6) is 0 Å². The van der Waals surface area contributed by atoms with Gasteiger partial charge in [0.1, 0.15) is 41.4 Å². The number of benzene rings is 1. The van der Waals surface area contributed by atoms with Crippen molar-refractivity contribution in [1.29, 1.82) is 0 Å². The SMILES string of the molecule is C[Si](C)(C)CCOCn1nc(Cl)c2c1-c1cc(N3CCOCC3)ncc1NC(c1c(F)cccc1F)=N2. The van der Waals surface area contributed by atoms with Crippen LogP contribution in [-0.4, -0.2) is 61.6 Å². The van der Waals surface area contributed by atoms with E-state index in [9.17, 15) is 8.78 Å². The molecule has 0 aliphatic carbocycles. The van der Waals surface area contributed by atoms with Crippen molar-refractivity contribution in [3.63, 3.8) is 0 Å². The molecule has 2 aliphatic heterocycles. The van der Waals surface area contributed by atoms with Crippen molar-refractivity contribution in [3.05, 3.63) is 52.8 Å². The second-order valence-corrected chi connectivity index (χ2v) is 16.2. The van der Waals surface area contributed by atoms with E-state index in [2.05, 4.69) is 44.9 Å². The maximum absolute atomic E-state index is 14.8. The average Bonchev–Trinajstić information content (AvgIpc) is 3.05. The number of nitrogens with zero attached hydrogens (tertiary/aromatic N) is 5. The fourth-order valence-corrected chi connectivity index (χ4v) is 5.21. The van der Waals surface area contributed by atoms with E-state index in [0.717, 1.165) is 11.9 Å². The van der Waals surface area contributed by atoms with Crippen LogP contribution in [0.25, 0.3) is 11.3 Å². The van der Waals surface area contributed by atoms with Gasteiger partial charge < -0.3 is 19.7 Å². The Kier molecular flexibility index (Phi) is 7.30. The summed E-state index contributed by atoms with van der Waals surface area (Å²) in [5.74, 6) is -0.754. The number of rotatable bonds is 7. The van der Waals surface area contributed by atoms with Gasteiger partial charge in [-0.2, -0.15) is 5.10 Å². The molecule has 12 heteroatoms. The largest absolute Gasteiger partial charge is 0.378 e. The van der Waals surface area contributed by atoms with Crippen LogP contribution in [0.2, 0.25) is 30.8 Å². The lowest BCUT2D eigenvalue weighted by Gasteiger charge is -2.28. The number of amidine groups is 1. The van der Waals surface area contributed by atoms with Crippen molar-refractivity contribution >= 4 is 42.7 Å². The number of aliphatic imine (C=N–C) groups is 1. The molecule has 0 atom stereocenters. The molecular weight excluding hydrogens is 518 g/mol. The number of fused-ring (bicyclic) bond motifs is 3. The van der Waals surface area contributed by atoms with E-state index in [-0.39, 0.29) is 23.3 Å². The number of hydrogen-bond acceptors (Lipinski definition) is 7. The summed E-state index contributed by atoms with van der Waals surface area (Å²) in [6, 6.07) is 6.60. The van der Waals surface area contributed by atoms with Crippen molar-refractivity contribution in [2.24, 2.45) is 4.99 Å². The molecule has 196 valence electrons. The second kappa shape index (κ2) is 10.5. The summed E-state index contributed by atoms with van der Waals surface area (Å²) in [4.78, 5) is 11.3. The first-order valence-corrected chi connectivity index (χ1v) is 16.3. The van der Waals surface area contributed by atoms with E-state index in [1.807, 2.05) is 6.07 Å². The maximum Gasteiger partial charge on any atom is 0.177 e. The third-order valence-corrected chi connectivity index (χ3v) is 8.21. The minimum absolute atomic E-state index is 0.0161. The highest BCUT2D eigenvalue weighted by Gasteiger charge is 2.29. The van der Waals surface area contributed by atoms with Crippen molar-refractivity contribution in [3.8, 4) is 11.3 Å². The summed E-state index contributed by atoms with van der Waals surface area (Å²) in [7, 11) is -1.28. The molecule has 8 nitrogen and oxygen atoms in total. The molecule has 1 N–H and O–H groups in total. The first-order valence-electron chi connectivity index (χ1n) is 12.2. The maximum atomic E-state index is 14.8. The van der Waals surface area contributed by atoms with Gasteiger partial charge in [-0.1, -0.05) is 37.3 Å². The van der Waals surface area contributed by atoms with Crippen LogP contribution in [0, 0.1) is 11.6 Å². The van der Waals surface area contributed by atoms with Crippen LogP contribution >= 0.6 is 11.6 Å². The Hall–Kier alpha value is -2.86. The third kappa shape index (κ3) is 5.54. The van der Waals surface area contributed by atoms with Gasteiger partial charge in [0.15, 0.2) is 5.15 Å². The average molecular weight is 547 g/mol. The van der Waals surface area contributed by atoms with Gasteiger partial charge >= 0.3 is 0 Å². The third-order valence-electron chi connectivity index (χ3n) is 6.25. The van der Waals surface area contributed by atoms with Crippen molar-refractivity contribution in [1.82, 2.24) is 14.8 Å². The highest BCUT2D eigenvalue weighted by Crippen LogP contribution is 2.43. The normalized spacial score (nSPS) is 15.5. The highest BCUT2D eigenvalue weighted by atomic mass is 35.5. The molecule has 3 aromatic rings. The standard InChI is InChI=1S/C25H29ClF2N6O2Si/c1-37(2,3)12-11-36-15-34-23-16-13-20(33-7-9-35-10-8-33)29-14-19(16)30-25(31-22(23)24(26)32-34)21-17(27)5-4-6-18(21)28/h4-6,13-14H,7-12,15H2,1-3H3,(H,30,31). The zero-order chi connectivity index (χ0) is 26.2. The summed E-state index contributed by atoms with van der Waals surface area (Å²) in [6.07, 6.45) is 1.64. The molecular formula is C25H29ClF2N6O2Si. The molecule has 0 spiro atoms. The van der Waals surface area contributed by atoms with Gasteiger partial charge in [-0.25, -0.2) is 23.4 Å². The molecule has 4 heterocycles. The lowest BCUT2D eigenvalue weighted by Crippen LogP contribution is -2.36. The Morgan fingerprint density at radius 1 is 1.16 bits per heavy atom. The predicted molar refractivity (Wildman–Crippen MR) is 144 cm³/mol. The smallest absolute Gasteiger partial charge is 0.177 e. The van der Waals surface area contributed by atoms with E-state index in [1.165, 1.54) is 18.2 Å². The minimum Gasteiger partial charge on any atom is -0.378 e. The molecule has 0 bridgehead atoms. The fraction of sp³-hybridized carbons (Fsp3) is 0.400. The molecule has 1 saturated heterocycles. The number of anilines is 2. The van der Waals surface area contributed by atoms with Crippen LogP contribution in [0.4, 0.5) is 26.0 Å². The van der Waals surface area contributed by atoms with Crippen LogP contribution in [0.1, 0.15) is 5.56 Å². The Morgan fingerprint density at radius 3 is 2.59 bits per heavy atom. The highest BCUT2D eigenvalue weighted by molar-refractivity contribution is 6.76. The number of hydrogen-bond donors (Lipinski definition) is 1. The molecule has 0 radical (unpaired) electrons. The quantitative estimate of drug-likeness (QED) is 0.310. The molecule has 2 aliphatic rings. The fourth-order valence-electron chi connectivity index (χ4n) is 4.23. The molecule has 0 amide bonds. The summed E-state index contributed by atoms with van der Waals surface area (Å²) >= 11 is 6.56. The molecule has 0 saturated carbocycles. The Labute approximate surface area is 220 Å². The number of aromatic nitrogens is 3. The van der Waals surface area contributed by atoms with Crippen LogP contribution < -0.4 is 10.2 Å². The number of nitrogens with one attached hydrogen (secondary N) is 1. The topological polar surface area (TPSA) is 76.8 Å².